The smallest absolute Gasteiger partial charge is 0.238 e. The van der Waals surface area contributed by atoms with Crippen LogP contribution < -0.4 is 10.6 Å². The van der Waals surface area contributed by atoms with Crippen LogP contribution in [0.15, 0.2) is 0 Å². The Kier molecular flexibility index (Phi) is 3.11. The predicted octanol–water partition coefficient (Wildman–Crippen LogP) is 0.565. The molecule has 4 heteroatoms. The maximum Gasteiger partial charge on any atom is 0.238 e. The van der Waals surface area contributed by atoms with Gasteiger partial charge in [0.25, 0.3) is 0 Å². The number of nitrogens with one attached hydrogen (secondary N) is 2. The van der Waals surface area contributed by atoms with Crippen LogP contribution in [0.2, 0.25) is 0 Å². The molecule has 3 nitrogen and oxygen atoms in total. The highest BCUT2D eigenvalue weighted by Crippen LogP contribution is 2.25. The second-order valence-corrected chi connectivity index (χ2v) is 4.84. The van der Waals surface area contributed by atoms with Gasteiger partial charge in [-0.1, -0.05) is 6.42 Å². The summed E-state index contributed by atoms with van der Waals surface area (Å²) in [4.78, 5) is 11.5. The Morgan fingerprint density at radius 2 is 2.38 bits per heavy atom. The quantitative estimate of drug-likeness (QED) is 0.699. The topological polar surface area (TPSA) is 41.1 Å². The summed E-state index contributed by atoms with van der Waals surface area (Å²) in [6, 6.07) is 0.0603. The van der Waals surface area contributed by atoms with Gasteiger partial charge in [-0.25, -0.2) is 0 Å². The average molecular weight is 200 g/mol. The normalized spacial score (nSPS) is 28.5. The first-order valence-corrected chi connectivity index (χ1v) is 6.10. The van der Waals surface area contributed by atoms with E-state index in [9.17, 15) is 4.79 Å². The fourth-order valence-corrected chi connectivity index (χ4v) is 2.57. The average Bonchev–Trinajstić information content (AvgIpc) is 2.52. The van der Waals surface area contributed by atoms with Crippen LogP contribution in [0.5, 0.6) is 0 Å². The molecule has 1 aliphatic heterocycles. The summed E-state index contributed by atoms with van der Waals surface area (Å²) in [6.07, 6.45) is 3.94. The summed E-state index contributed by atoms with van der Waals surface area (Å²) in [5.41, 5.74) is 0. The van der Waals surface area contributed by atoms with Gasteiger partial charge in [0.15, 0.2) is 0 Å². The molecule has 0 aromatic carbocycles. The van der Waals surface area contributed by atoms with Gasteiger partial charge in [-0.05, 0) is 18.8 Å². The first kappa shape index (κ1) is 9.34. The molecule has 2 aliphatic rings. The standard InChI is InChI=1S/C9H16N2OS/c12-9(8-5-13-6-11-8)10-4-7-2-1-3-7/h7-8,11H,1-6H2,(H,10,12). The fourth-order valence-electron chi connectivity index (χ4n) is 1.63. The molecule has 0 aromatic heterocycles. The van der Waals surface area contributed by atoms with E-state index in [1.165, 1.54) is 19.3 Å². The first-order chi connectivity index (χ1) is 6.36. The lowest BCUT2D eigenvalue weighted by molar-refractivity contribution is -0.122. The Morgan fingerprint density at radius 1 is 1.54 bits per heavy atom. The molecular weight excluding hydrogens is 184 g/mol. The van der Waals surface area contributed by atoms with E-state index in [4.69, 9.17) is 0 Å². The lowest BCUT2D eigenvalue weighted by Gasteiger charge is -2.25. The minimum absolute atomic E-state index is 0.0603. The third kappa shape index (κ3) is 2.38. The fraction of sp³-hybridized carbons (Fsp3) is 0.889. The van der Waals surface area contributed by atoms with Gasteiger partial charge < -0.3 is 5.32 Å². The van der Waals surface area contributed by atoms with Gasteiger partial charge in [0.2, 0.25) is 5.91 Å². The lowest BCUT2D eigenvalue weighted by atomic mass is 9.85. The Bertz CT molecular complexity index is 188. The number of rotatable bonds is 3. The zero-order valence-corrected chi connectivity index (χ0v) is 8.53. The van der Waals surface area contributed by atoms with Crippen molar-refractivity contribution < 1.29 is 4.79 Å². The van der Waals surface area contributed by atoms with E-state index in [1.54, 1.807) is 11.8 Å². The first-order valence-electron chi connectivity index (χ1n) is 4.95. The molecule has 2 N–H and O–H groups in total. The highest BCUT2D eigenvalue weighted by Gasteiger charge is 2.24. The van der Waals surface area contributed by atoms with Crippen LogP contribution in [0, 0.1) is 5.92 Å². The summed E-state index contributed by atoms with van der Waals surface area (Å²) >= 11 is 1.79. The van der Waals surface area contributed by atoms with E-state index in [0.717, 1.165) is 24.1 Å². The van der Waals surface area contributed by atoms with Crippen LogP contribution in [0.1, 0.15) is 19.3 Å². The maximum atomic E-state index is 11.5. The Morgan fingerprint density at radius 3 is 2.92 bits per heavy atom. The van der Waals surface area contributed by atoms with Gasteiger partial charge in [-0.2, -0.15) is 0 Å². The molecule has 1 saturated carbocycles. The highest BCUT2D eigenvalue weighted by molar-refractivity contribution is 7.99. The predicted molar refractivity (Wildman–Crippen MR) is 54.6 cm³/mol. The molecule has 0 radical (unpaired) electrons. The van der Waals surface area contributed by atoms with Crippen molar-refractivity contribution in [2.45, 2.75) is 25.3 Å². The number of carbonyl (C=O) groups is 1. The summed E-state index contributed by atoms with van der Waals surface area (Å²) in [6.45, 7) is 0.891. The van der Waals surface area contributed by atoms with Crippen LogP contribution in [-0.2, 0) is 4.79 Å². The third-order valence-corrected chi connectivity index (χ3v) is 3.76. The number of hydrogen-bond donors (Lipinski definition) is 2. The minimum Gasteiger partial charge on any atom is -0.354 e. The number of amides is 1. The van der Waals surface area contributed by atoms with Crippen molar-refractivity contribution in [3.8, 4) is 0 Å². The van der Waals surface area contributed by atoms with Crippen LogP contribution in [-0.4, -0.2) is 30.1 Å². The van der Waals surface area contributed by atoms with Gasteiger partial charge >= 0.3 is 0 Å². The lowest BCUT2D eigenvalue weighted by Crippen LogP contribution is -2.44. The van der Waals surface area contributed by atoms with Crippen LogP contribution in [0.3, 0.4) is 0 Å². The second kappa shape index (κ2) is 4.33. The molecule has 1 amide bonds. The number of thioether (sulfide) groups is 1. The summed E-state index contributed by atoms with van der Waals surface area (Å²) in [5, 5.41) is 6.18. The van der Waals surface area contributed by atoms with E-state index in [0.29, 0.717) is 0 Å². The van der Waals surface area contributed by atoms with Crippen molar-refractivity contribution in [2.75, 3.05) is 18.2 Å². The zero-order valence-electron chi connectivity index (χ0n) is 7.71. The van der Waals surface area contributed by atoms with Crippen molar-refractivity contribution in [2.24, 2.45) is 5.92 Å². The van der Waals surface area contributed by atoms with Crippen molar-refractivity contribution in [3.63, 3.8) is 0 Å². The monoisotopic (exact) mass is 200 g/mol. The maximum absolute atomic E-state index is 11.5. The summed E-state index contributed by atoms with van der Waals surface area (Å²) < 4.78 is 0. The Balaban J connectivity index is 1.65. The SMILES string of the molecule is O=C(NCC1CCC1)C1CSCN1. The molecule has 1 saturated heterocycles. The highest BCUT2D eigenvalue weighted by atomic mass is 32.2. The molecule has 74 valence electrons. The molecule has 1 atom stereocenters. The molecule has 0 spiro atoms. The molecule has 0 bridgehead atoms. The molecule has 2 fully saturated rings. The van der Waals surface area contributed by atoms with Gasteiger partial charge in [-0.15, -0.1) is 11.8 Å². The van der Waals surface area contributed by atoms with E-state index in [2.05, 4.69) is 10.6 Å². The van der Waals surface area contributed by atoms with Crippen molar-refractivity contribution >= 4 is 17.7 Å². The van der Waals surface area contributed by atoms with E-state index in [-0.39, 0.29) is 11.9 Å². The molecule has 2 rings (SSSR count). The second-order valence-electron chi connectivity index (χ2n) is 3.81. The van der Waals surface area contributed by atoms with Gasteiger partial charge in [0.05, 0.1) is 6.04 Å². The molecule has 13 heavy (non-hydrogen) atoms. The van der Waals surface area contributed by atoms with Crippen LogP contribution >= 0.6 is 11.8 Å². The summed E-state index contributed by atoms with van der Waals surface area (Å²) in [7, 11) is 0. The molecule has 1 heterocycles. The Labute approximate surface area is 83.0 Å². The van der Waals surface area contributed by atoms with Gasteiger partial charge in [0.1, 0.15) is 0 Å². The van der Waals surface area contributed by atoms with E-state index >= 15 is 0 Å². The third-order valence-electron chi connectivity index (χ3n) is 2.82. The van der Waals surface area contributed by atoms with Crippen molar-refractivity contribution in [1.29, 1.82) is 0 Å². The Hall–Kier alpha value is -0.220. The van der Waals surface area contributed by atoms with Gasteiger partial charge in [-0.3, -0.25) is 10.1 Å². The molecular formula is C9H16N2OS. The molecule has 0 aromatic rings. The summed E-state index contributed by atoms with van der Waals surface area (Å²) in [5.74, 6) is 2.80. The van der Waals surface area contributed by atoms with E-state index < -0.39 is 0 Å². The van der Waals surface area contributed by atoms with Crippen molar-refractivity contribution in [3.05, 3.63) is 0 Å². The largest absolute Gasteiger partial charge is 0.354 e. The minimum atomic E-state index is 0.0603. The van der Waals surface area contributed by atoms with Gasteiger partial charge in [0, 0.05) is 18.2 Å². The zero-order chi connectivity index (χ0) is 9.10. The van der Waals surface area contributed by atoms with Crippen LogP contribution in [0.25, 0.3) is 0 Å². The molecule has 1 unspecified atom stereocenters. The van der Waals surface area contributed by atoms with Crippen LogP contribution in [0.4, 0.5) is 0 Å². The number of carbonyl (C=O) groups excluding carboxylic acids is 1. The van der Waals surface area contributed by atoms with E-state index in [1.807, 2.05) is 0 Å². The number of hydrogen-bond acceptors (Lipinski definition) is 3. The molecule has 1 aliphatic carbocycles. The van der Waals surface area contributed by atoms with Crippen molar-refractivity contribution in [1.82, 2.24) is 10.6 Å².